The Morgan fingerprint density at radius 1 is 1.18 bits per heavy atom. The van der Waals surface area contributed by atoms with Crippen LogP contribution < -0.4 is 9.47 Å². The zero-order chi connectivity index (χ0) is 13.2. The van der Waals surface area contributed by atoms with E-state index in [0.717, 1.165) is 6.26 Å². The Hall–Kier alpha value is -1.76. The van der Waals surface area contributed by atoms with Gasteiger partial charge in [-0.2, -0.15) is 0 Å². The minimum atomic E-state index is -3.74. The molecule has 0 amide bonds. The van der Waals surface area contributed by atoms with Crippen LogP contribution in [-0.2, 0) is 9.84 Å². The second-order valence-corrected chi connectivity index (χ2v) is 5.20. The maximum absolute atomic E-state index is 11.6. The van der Waals surface area contributed by atoms with Gasteiger partial charge in [0.1, 0.15) is 22.0 Å². The maximum atomic E-state index is 11.6. The molecule has 1 aromatic rings. The number of sulfone groups is 1. The Labute approximate surface area is 98.7 Å². The van der Waals surface area contributed by atoms with E-state index in [1.165, 1.54) is 26.4 Å². The monoisotopic (exact) mass is 260 g/mol. The van der Waals surface area contributed by atoms with Crippen LogP contribution in [0.1, 0.15) is 10.4 Å². The van der Waals surface area contributed by atoms with Crippen LogP contribution >= 0.6 is 0 Å². The van der Waals surface area contributed by atoms with Crippen molar-refractivity contribution in [3.8, 4) is 11.5 Å². The zero-order valence-electron chi connectivity index (χ0n) is 9.55. The van der Waals surface area contributed by atoms with E-state index in [1.807, 2.05) is 0 Å². The third-order valence-corrected chi connectivity index (χ3v) is 3.25. The van der Waals surface area contributed by atoms with Crippen LogP contribution in [0.15, 0.2) is 17.0 Å². The molecular formula is C10H12O6S. The number of benzene rings is 1. The molecule has 0 aliphatic carbocycles. The second-order valence-electron chi connectivity index (χ2n) is 3.25. The standard InChI is InChI=1S/C10H12O6S/c1-15-6-4-5-7(16-2)9(17(3,13)14)8(6)10(11)12/h4-5H,1-3H3,(H,11,12). The number of hydrogen-bond acceptors (Lipinski definition) is 5. The molecule has 0 radical (unpaired) electrons. The molecule has 0 heterocycles. The van der Waals surface area contributed by atoms with E-state index in [9.17, 15) is 13.2 Å². The Balaban J connectivity index is 3.78. The van der Waals surface area contributed by atoms with E-state index in [-0.39, 0.29) is 16.4 Å². The summed E-state index contributed by atoms with van der Waals surface area (Å²) in [5, 5.41) is 9.06. The first-order valence-electron chi connectivity index (χ1n) is 4.51. The smallest absolute Gasteiger partial charge is 0.340 e. The number of ether oxygens (including phenoxy) is 2. The van der Waals surface area contributed by atoms with Crippen LogP contribution in [0.5, 0.6) is 11.5 Å². The molecular weight excluding hydrogens is 248 g/mol. The molecule has 0 fully saturated rings. The van der Waals surface area contributed by atoms with E-state index >= 15 is 0 Å². The van der Waals surface area contributed by atoms with Gasteiger partial charge in [-0.1, -0.05) is 0 Å². The second kappa shape index (κ2) is 4.62. The lowest BCUT2D eigenvalue weighted by Crippen LogP contribution is -2.11. The van der Waals surface area contributed by atoms with Gasteiger partial charge in [-0.3, -0.25) is 0 Å². The lowest BCUT2D eigenvalue weighted by Gasteiger charge is -2.13. The lowest BCUT2D eigenvalue weighted by atomic mass is 10.2. The summed E-state index contributed by atoms with van der Waals surface area (Å²) in [6, 6.07) is 2.69. The molecule has 0 aromatic heterocycles. The molecule has 0 atom stereocenters. The van der Waals surface area contributed by atoms with Crippen molar-refractivity contribution in [2.24, 2.45) is 0 Å². The molecule has 0 bridgehead atoms. The molecule has 0 aliphatic heterocycles. The molecule has 7 heteroatoms. The van der Waals surface area contributed by atoms with Gasteiger partial charge in [-0.05, 0) is 12.1 Å². The van der Waals surface area contributed by atoms with Crippen LogP contribution in [-0.4, -0.2) is 40.0 Å². The Bertz CT molecular complexity index is 546. The van der Waals surface area contributed by atoms with Crippen molar-refractivity contribution in [3.63, 3.8) is 0 Å². The van der Waals surface area contributed by atoms with Crippen molar-refractivity contribution in [3.05, 3.63) is 17.7 Å². The fourth-order valence-electron chi connectivity index (χ4n) is 1.45. The van der Waals surface area contributed by atoms with Gasteiger partial charge in [-0.25, -0.2) is 13.2 Å². The SMILES string of the molecule is COc1ccc(OC)c(S(C)(=O)=O)c1C(=O)O. The number of aromatic carboxylic acids is 1. The van der Waals surface area contributed by atoms with E-state index in [1.54, 1.807) is 0 Å². The van der Waals surface area contributed by atoms with Crippen LogP contribution in [0.3, 0.4) is 0 Å². The van der Waals surface area contributed by atoms with Crippen LogP contribution in [0.25, 0.3) is 0 Å². The van der Waals surface area contributed by atoms with Gasteiger partial charge in [0, 0.05) is 6.26 Å². The quantitative estimate of drug-likeness (QED) is 0.861. The predicted molar refractivity (Wildman–Crippen MR) is 59.6 cm³/mol. The van der Waals surface area contributed by atoms with Gasteiger partial charge in [0.2, 0.25) is 0 Å². The molecule has 1 N–H and O–H groups in total. The van der Waals surface area contributed by atoms with Crippen molar-refractivity contribution in [2.45, 2.75) is 4.90 Å². The van der Waals surface area contributed by atoms with Crippen molar-refractivity contribution < 1.29 is 27.8 Å². The topological polar surface area (TPSA) is 89.9 Å². The summed E-state index contributed by atoms with van der Waals surface area (Å²) in [5.41, 5.74) is -0.422. The number of rotatable bonds is 4. The average molecular weight is 260 g/mol. The summed E-state index contributed by atoms with van der Waals surface area (Å²) in [6.45, 7) is 0. The minimum Gasteiger partial charge on any atom is -0.496 e. The van der Waals surface area contributed by atoms with Crippen LogP contribution in [0.2, 0.25) is 0 Å². The Kier molecular flexibility index (Phi) is 3.62. The number of carbonyl (C=O) groups is 1. The van der Waals surface area contributed by atoms with Crippen molar-refractivity contribution in [1.29, 1.82) is 0 Å². The van der Waals surface area contributed by atoms with Crippen molar-refractivity contribution in [1.82, 2.24) is 0 Å². The Morgan fingerprint density at radius 2 is 1.65 bits per heavy atom. The number of methoxy groups -OCH3 is 2. The van der Waals surface area contributed by atoms with Crippen LogP contribution in [0.4, 0.5) is 0 Å². The van der Waals surface area contributed by atoms with E-state index < -0.39 is 21.4 Å². The summed E-state index contributed by atoms with van der Waals surface area (Å²) < 4.78 is 32.9. The summed E-state index contributed by atoms with van der Waals surface area (Å²) in [7, 11) is -1.21. The molecule has 1 rings (SSSR count). The maximum Gasteiger partial charge on any atom is 0.340 e. The third-order valence-electron chi connectivity index (χ3n) is 2.11. The number of hydrogen-bond donors (Lipinski definition) is 1. The normalized spacial score (nSPS) is 11.0. The van der Waals surface area contributed by atoms with Gasteiger partial charge in [0.15, 0.2) is 9.84 Å². The van der Waals surface area contributed by atoms with E-state index in [4.69, 9.17) is 14.6 Å². The van der Waals surface area contributed by atoms with Crippen LogP contribution in [0, 0.1) is 0 Å². The van der Waals surface area contributed by atoms with Gasteiger partial charge in [-0.15, -0.1) is 0 Å². The molecule has 6 nitrogen and oxygen atoms in total. The van der Waals surface area contributed by atoms with Crippen molar-refractivity contribution in [2.75, 3.05) is 20.5 Å². The third kappa shape index (κ3) is 2.50. The Morgan fingerprint density at radius 3 is 2.00 bits per heavy atom. The fraction of sp³-hybridized carbons (Fsp3) is 0.300. The minimum absolute atomic E-state index is 0.0225. The average Bonchev–Trinajstić information content (AvgIpc) is 2.25. The zero-order valence-corrected chi connectivity index (χ0v) is 10.4. The predicted octanol–water partition coefficient (Wildman–Crippen LogP) is 0.806. The first kappa shape index (κ1) is 13.3. The summed E-state index contributed by atoms with van der Waals surface area (Å²) in [6.07, 6.45) is 0.913. The van der Waals surface area contributed by atoms with Gasteiger partial charge in [0.25, 0.3) is 0 Å². The highest BCUT2D eigenvalue weighted by atomic mass is 32.2. The first-order valence-corrected chi connectivity index (χ1v) is 6.40. The highest BCUT2D eigenvalue weighted by Crippen LogP contribution is 2.34. The molecule has 1 aromatic carbocycles. The molecule has 17 heavy (non-hydrogen) atoms. The number of carboxylic acids is 1. The highest BCUT2D eigenvalue weighted by molar-refractivity contribution is 7.90. The molecule has 0 unspecified atom stereocenters. The molecule has 0 spiro atoms. The fourth-order valence-corrected chi connectivity index (χ4v) is 2.52. The lowest BCUT2D eigenvalue weighted by molar-refractivity contribution is 0.0688. The summed E-state index contributed by atoms with van der Waals surface area (Å²) in [4.78, 5) is 10.7. The first-order chi connectivity index (χ1) is 7.82. The van der Waals surface area contributed by atoms with Gasteiger partial charge >= 0.3 is 5.97 Å². The summed E-state index contributed by atoms with van der Waals surface area (Å²) in [5.74, 6) is -1.44. The largest absolute Gasteiger partial charge is 0.496 e. The number of carboxylic acid groups (broad SMARTS) is 1. The molecule has 0 saturated heterocycles. The summed E-state index contributed by atoms with van der Waals surface area (Å²) >= 11 is 0. The highest BCUT2D eigenvalue weighted by Gasteiger charge is 2.27. The molecule has 94 valence electrons. The van der Waals surface area contributed by atoms with Gasteiger partial charge < -0.3 is 14.6 Å². The van der Waals surface area contributed by atoms with Gasteiger partial charge in [0.05, 0.1) is 14.2 Å². The van der Waals surface area contributed by atoms with E-state index in [0.29, 0.717) is 0 Å². The molecule has 0 aliphatic rings. The molecule has 0 saturated carbocycles. The van der Waals surface area contributed by atoms with E-state index in [2.05, 4.69) is 0 Å². The van der Waals surface area contributed by atoms with Crippen molar-refractivity contribution >= 4 is 15.8 Å².